The fourth-order valence-corrected chi connectivity index (χ4v) is 5.18. The number of ether oxygens (including phenoxy) is 1. The van der Waals surface area contributed by atoms with E-state index in [-0.39, 0.29) is 17.9 Å². The summed E-state index contributed by atoms with van der Waals surface area (Å²) < 4.78 is 7.22. The number of benzene rings is 1. The molecule has 2 aliphatic rings. The van der Waals surface area contributed by atoms with Crippen LogP contribution in [0.3, 0.4) is 0 Å². The van der Waals surface area contributed by atoms with Gasteiger partial charge in [-0.1, -0.05) is 31.0 Å². The summed E-state index contributed by atoms with van der Waals surface area (Å²) in [5.74, 6) is 0.753. The highest BCUT2D eigenvalue weighted by molar-refractivity contribution is 5.94. The molecule has 1 aliphatic carbocycles. The van der Waals surface area contributed by atoms with Crippen LogP contribution in [0.2, 0.25) is 0 Å². The van der Waals surface area contributed by atoms with Crippen LogP contribution in [0.4, 0.5) is 0 Å². The summed E-state index contributed by atoms with van der Waals surface area (Å²) in [6, 6.07) is 13.9. The highest BCUT2D eigenvalue weighted by atomic mass is 16.5. The summed E-state index contributed by atoms with van der Waals surface area (Å²) >= 11 is 0. The Hall–Kier alpha value is -3.68. The highest BCUT2D eigenvalue weighted by Gasteiger charge is 2.31. The Morgan fingerprint density at radius 3 is 2.64 bits per heavy atom. The predicted octanol–water partition coefficient (Wildman–Crippen LogP) is 3.52. The summed E-state index contributed by atoms with van der Waals surface area (Å²) in [4.78, 5) is 32.5. The molecule has 1 saturated carbocycles. The van der Waals surface area contributed by atoms with Crippen molar-refractivity contribution < 1.29 is 14.3 Å². The number of fused-ring (bicyclic) bond motifs is 1. The molecule has 0 atom stereocenters. The quantitative estimate of drug-likeness (QED) is 0.525. The number of methoxy groups -OCH3 is 1. The molecule has 0 bridgehead atoms. The lowest BCUT2D eigenvalue weighted by Crippen LogP contribution is -2.38. The summed E-state index contributed by atoms with van der Waals surface area (Å²) in [5.41, 5.74) is 4.35. The van der Waals surface area contributed by atoms with E-state index in [1.807, 2.05) is 52.0 Å². The van der Waals surface area contributed by atoms with E-state index >= 15 is 0 Å². The number of aromatic nitrogens is 3. The molecule has 5 rings (SSSR count). The van der Waals surface area contributed by atoms with E-state index in [4.69, 9.17) is 9.84 Å². The van der Waals surface area contributed by atoms with Crippen molar-refractivity contribution in [2.45, 2.75) is 64.1 Å². The van der Waals surface area contributed by atoms with Crippen molar-refractivity contribution in [2.24, 2.45) is 0 Å². The van der Waals surface area contributed by atoms with E-state index in [1.54, 1.807) is 13.3 Å². The lowest BCUT2D eigenvalue weighted by atomic mass is 10.0. The number of carbonyl (C=O) groups excluding carboxylic acids is 2. The van der Waals surface area contributed by atoms with E-state index in [9.17, 15) is 9.59 Å². The van der Waals surface area contributed by atoms with Gasteiger partial charge in [-0.25, -0.2) is 0 Å². The Labute approximate surface area is 211 Å². The summed E-state index contributed by atoms with van der Waals surface area (Å²) in [7, 11) is 1.65. The number of aryl methyl sites for hydroxylation is 1. The van der Waals surface area contributed by atoms with E-state index < -0.39 is 0 Å². The zero-order valence-electron chi connectivity index (χ0n) is 20.8. The molecule has 3 aromatic rings. The Morgan fingerprint density at radius 1 is 1.11 bits per heavy atom. The van der Waals surface area contributed by atoms with Crippen LogP contribution in [0.15, 0.2) is 48.7 Å². The van der Waals surface area contributed by atoms with Crippen molar-refractivity contribution in [1.29, 1.82) is 0 Å². The number of hydrogen-bond donors (Lipinski definition) is 1. The number of pyridine rings is 1. The third-order valence-corrected chi connectivity index (χ3v) is 7.20. The van der Waals surface area contributed by atoms with Crippen molar-refractivity contribution in [3.05, 3.63) is 76.9 Å². The van der Waals surface area contributed by atoms with Crippen molar-refractivity contribution in [3.63, 3.8) is 0 Å². The van der Waals surface area contributed by atoms with Crippen LogP contribution >= 0.6 is 0 Å². The molecular formula is C28H33N5O3. The SMILES string of the molecule is COc1ccc(Cn2nc(C(=O)NC3CCCC3)c3c2CCN(C(=O)CCc2ccccn2)C3)cc1. The number of carbonyl (C=O) groups is 2. The molecule has 8 nitrogen and oxygen atoms in total. The minimum atomic E-state index is -0.130. The fraction of sp³-hybridized carbons (Fsp3) is 0.429. The standard InChI is InChI=1S/C28H33N5O3/c1-36-23-12-9-20(10-13-23)18-33-25-15-17-32(26(34)14-11-21-6-4-5-16-29-21)19-24(25)27(31-33)28(35)30-22-7-2-3-8-22/h4-6,9-10,12-13,16,22H,2-3,7-8,11,14-15,17-19H2,1H3,(H,30,35). The number of hydrogen-bond acceptors (Lipinski definition) is 5. The Morgan fingerprint density at radius 2 is 1.92 bits per heavy atom. The van der Waals surface area contributed by atoms with Gasteiger partial charge in [0.25, 0.3) is 5.91 Å². The topological polar surface area (TPSA) is 89.4 Å². The van der Waals surface area contributed by atoms with Gasteiger partial charge in [0, 0.05) is 55.1 Å². The van der Waals surface area contributed by atoms with Crippen LogP contribution in [0, 0.1) is 0 Å². The molecule has 188 valence electrons. The maximum atomic E-state index is 13.3. The zero-order valence-corrected chi connectivity index (χ0v) is 20.8. The average molecular weight is 488 g/mol. The van der Waals surface area contributed by atoms with E-state index in [0.29, 0.717) is 44.6 Å². The second-order valence-corrected chi connectivity index (χ2v) is 9.62. The number of nitrogens with zero attached hydrogens (tertiary/aromatic N) is 4. The van der Waals surface area contributed by atoms with E-state index in [1.165, 1.54) is 0 Å². The fourth-order valence-electron chi connectivity index (χ4n) is 5.18. The molecule has 8 heteroatoms. The molecule has 0 saturated heterocycles. The molecule has 2 amide bonds. The number of rotatable bonds is 8. The van der Waals surface area contributed by atoms with Crippen molar-refractivity contribution in [3.8, 4) is 5.75 Å². The van der Waals surface area contributed by atoms with Crippen molar-refractivity contribution >= 4 is 11.8 Å². The molecule has 2 aromatic heterocycles. The molecule has 0 spiro atoms. The monoisotopic (exact) mass is 487 g/mol. The van der Waals surface area contributed by atoms with E-state index in [0.717, 1.165) is 53.9 Å². The van der Waals surface area contributed by atoms with Gasteiger partial charge >= 0.3 is 0 Å². The van der Waals surface area contributed by atoms with Gasteiger partial charge in [-0.05, 0) is 49.1 Å². The maximum absolute atomic E-state index is 13.3. The van der Waals surface area contributed by atoms with Gasteiger partial charge in [0.05, 0.1) is 13.7 Å². The number of nitrogens with one attached hydrogen (secondary N) is 1. The highest BCUT2D eigenvalue weighted by Crippen LogP contribution is 2.26. The summed E-state index contributed by atoms with van der Waals surface area (Å²) in [5, 5.41) is 7.97. The second-order valence-electron chi connectivity index (χ2n) is 9.62. The number of amides is 2. The lowest BCUT2D eigenvalue weighted by molar-refractivity contribution is -0.132. The lowest BCUT2D eigenvalue weighted by Gasteiger charge is -2.28. The molecule has 1 aromatic carbocycles. The van der Waals surface area contributed by atoms with Crippen LogP contribution < -0.4 is 10.1 Å². The summed E-state index contributed by atoms with van der Waals surface area (Å²) in [6.45, 7) is 1.59. The second kappa shape index (κ2) is 10.9. The summed E-state index contributed by atoms with van der Waals surface area (Å²) in [6.07, 6.45) is 7.74. The normalized spacial score (nSPS) is 15.5. The smallest absolute Gasteiger partial charge is 0.272 e. The van der Waals surface area contributed by atoms with Gasteiger partial charge in [0.1, 0.15) is 5.75 Å². The van der Waals surface area contributed by atoms with Gasteiger partial charge in [-0.3, -0.25) is 19.3 Å². The molecule has 0 unspecified atom stereocenters. The minimum absolute atomic E-state index is 0.0800. The van der Waals surface area contributed by atoms with Crippen LogP contribution in [0.25, 0.3) is 0 Å². The zero-order chi connectivity index (χ0) is 24.9. The Balaban J connectivity index is 1.35. The van der Waals surface area contributed by atoms with Crippen LogP contribution in [-0.4, -0.2) is 51.2 Å². The predicted molar refractivity (Wildman–Crippen MR) is 136 cm³/mol. The van der Waals surface area contributed by atoms with Crippen LogP contribution in [0.5, 0.6) is 5.75 Å². The molecule has 1 aliphatic heterocycles. The van der Waals surface area contributed by atoms with Crippen molar-refractivity contribution in [2.75, 3.05) is 13.7 Å². The molecular weight excluding hydrogens is 454 g/mol. The van der Waals surface area contributed by atoms with Gasteiger partial charge < -0.3 is 15.0 Å². The Bertz CT molecular complexity index is 1200. The molecule has 1 fully saturated rings. The van der Waals surface area contributed by atoms with Gasteiger partial charge in [-0.15, -0.1) is 0 Å². The van der Waals surface area contributed by atoms with Gasteiger partial charge in [0.2, 0.25) is 5.91 Å². The third-order valence-electron chi connectivity index (χ3n) is 7.20. The molecule has 0 radical (unpaired) electrons. The van der Waals surface area contributed by atoms with Gasteiger partial charge in [-0.2, -0.15) is 5.10 Å². The minimum Gasteiger partial charge on any atom is -0.497 e. The Kier molecular flexibility index (Phi) is 7.30. The van der Waals surface area contributed by atoms with Crippen LogP contribution in [-0.2, 0) is 30.7 Å². The first-order valence-corrected chi connectivity index (χ1v) is 12.8. The third kappa shape index (κ3) is 5.42. The average Bonchev–Trinajstić information content (AvgIpc) is 3.56. The molecule has 36 heavy (non-hydrogen) atoms. The molecule has 1 N–H and O–H groups in total. The van der Waals surface area contributed by atoms with Crippen LogP contribution in [0.1, 0.15) is 65.1 Å². The largest absolute Gasteiger partial charge is 0.497 e. The first kappa shape index (κ1) is 24.0. The van der Waals surface area contributed by atoms with Gasteiger partial charge in [0.15, 0.2) is 5.69 Å². The maximum Gasteiger partial charge on any atom is 0.272 e. The first-order valence-electron chi connectivity index (χ1n) is 12.8. The van der Waals surface area contributed by atoms with Crippen molar-refractivity contribution in [1.82, 2.24) is 25.0 Å². The first-order chi connectivity index (χ1) is 17.6. The van der Waals surface area contributed by atoms with E-state index in [2.05, 4.69) is 10.3 Å². The molecule has 3 heterocycles.